The molecule has 6 heteroatoms. The van der Waals surface area contributed by atoms with Gasteiger partial charge >= 0.3 is 0 Å². The molecule has 66 valence electrons. The molecule has 0 radical (unpaired) electrons. The molecule has 0 saturated carbocycles. The van der Waals surface area contributed by atoms with Gasteiger partial charge in [0.15, 0.2) is 8.32 Å². The van der Waals surface area contributed by atoms with Crippen molar-refractivity contribution in [2.45, 2.75) is 19.6 Å². The SMILES string of the molecule is CO.C[Si](C)(C)O.O.O.[Zr]. The Morgan fingerprint density at radius 3 is 0.900 bits per heavy atom. The molecule has 0 bridgehead atoms. The Hall–Kier alpha value is 0.940. The van der Waals surface area contributed by atoms with Gasteiger partial charge in [0.2, 0.25) is 0 Å². The molecule has 10 heavy (non-hydrogen) atoms. The van der Waals surface area contributed by atoms with Gasteiger partial charge in [-0.25, -0.2) is 0 Å². The predicted molar refractivity (Wildman–Crippen MR) is 40.9 cm³/mol. The topological polar surface area (TPSA) is 103 Å². The third-order valence-corrected chi connectivity index (χ3v) is 0. The first-order valence-electron chi connectivity index (χ1n) is 2.17. The van der Waals surface area contributed by atoms with Crippen LogP contribution in [0.4, 0.5) is 0 Å². The van der Waals surface area contributed by atoms with Crippen LogP contribution in [0.1, 0.15) is 0 Å². The van der Waals surface area contributed by atoms with Crippen LogP contribution in [0.2, 0.25) is 19.6 Å². The van der Waals surface area contributed by atoms with Crippen LogP contribution in [0.15, 0.2) is 0 Å². The van der Waals surface area contributed by atoms with Gasteiger partial charge in [-0.15, -0.1) is 0 Å². The van der Waals surface area contributed by atoms with Gasteiger partial charge in [-0.05, 0) is 19.6 Å². The first-order valence-corrected chi connectivity index (χ1v) is 5.62. The largest absolute Gasteiger partial charge is 0.433 e. The molecule has 0 aliphatic heterocycles. The van der Waals surface area contributed by atoms with Crippen molar-refractivity contribution in [2.75, 3.05) is 7.11 Å². The van der Waals surface area contributed by atoms with E-state index in [0.717, 1.165) is 7.11 Å². The normalized spacial score (nSPS) is 6.60. The molecule has 0 heterocycles. The van der Waals surface area contributed by atoms with Crippen molar-refractivity contribution in [1.82, 2.24) is 0 Å². The van der Waals surface area contributed by atoms with Gasteiger partial charge in [-0.3, -0.25) is 0 Å². The van der Waals surface area contributed by atoms with Crippen LogP contribution in [0.25, 0.3) is 0 Å². The summed E-state index contributed by atoms with van der Waals surface area (Å²) in [6.07, 6.45) is 0. The number of aliphatic hydroxyl groups excluding tert-OH is 1. The fraction of sp³-hybridized carbons (Fsp3) is 1.00. The Kier molecular flexibility index (Phi) is 50.5. The number of rotatable bonds is 0. The van der Waals surface area contributed by atoms with Crippen LogP contribution < -0.4 is 0 Å². The van der Waals surface area contributed by atoms with Crippen LogP contribution in [0.3, 0.4) is 0 Å². The molecule has 0 fully saturated rings. The number of aliphatic hydroxyl groups is 1. The first-order chi connectivity index (χ1) is 3.00. The molecule has 0 unspecified atom stereocenters. The summed E-state index contributed by atoms with van der Waals surface area (Å²) in [5.41, 5.74) is 0. The van der Waals surface area contributed by atoms with Crippen LogP contribution >= 0.6 is 0 Å². The minimum Gasteiger partial charge on any atom is -0.433 e. The number of hydrogen-bond acceptors (Lipinski definition) is 2. The Balaban J connectivity index is -0.0000000154. The summed E-state index contributed by atoms with van der Waals surface area (Å²) in [4.78, 5) is 8.66. The van der Waals surface area contributed by atoms with Crippen molar-refractivity contribution in [3.05, 3.63) is 0 Å². The number of hydrogen-bond donors (Lipinski definition) is 2. The second-order valence-electron chi connectivity index (χ2n) is 2.17. The molecule has 0 rings (SSSR count). The Labute approximate surface area is 82.1 Å². The minimum absolute atomic E-state index is 0. The Bertz CT molecular complexity index is 32.7. The average molecular weight is 249 g/mol. The quantitative estimate of drug-likeness (QED) is 0.525. The molecule has 0 spiro atoms. The van der Waals surface area contributed by atoms with Gasteiger partial charge < -0.3 is 20.9 Å². The van der Waals surface area contributed by atoms with Crippen molar-refractivity contribution < 1.29 is 47.1 Å². The molecule has 0 atom stereocenters. The molecule has 6 N–H and O–H groups in total. The van der Waals surface area contributed by atoms with E-state index >= 15 is 0 Å². The standard InChI is InChI=1S/C3H10OSi.CH4O.2H2O.Zr/c1-5(2,3)4;1-2;;;/h4H,1-3H3;2H,1H3;2*1H2;. The fourth-order valence-electron chi connectivity index (χ4n) is 0. The van der Waals surface area contributed by atoms with E-state index in [1.54, 1.807) is 0 Å². The maximum atomic E-state index is 8.66. The van der Waals surface area contributed by atoms with E-state index in [2.05, 4.69) is 0 Å². The molecule has 4 nitrogen and oxygen atoms in total. The van der Waals surface area contributed by atoms with E-state index < -0.39 is 8.32 Å². The van der Waals surface area contributed by atoms with Crippen LogP contribution in [-0.2, 0) is 26.2 Å². The summed E-state index contributed by atoms with van der Waals surface area (Å²) < 4.78 is 0. The summed E-state index contributed by atoms with van der Waals surface area (Å²) in [7, 11) is -0.611. The summed E-state index contributed by atoms with van der Waals surface area (Å²) in [5.74, 6) is 0. The molecule has 0 aromatic rings. The van der Waals surface area contributed by atoms with Gasteiger partial charge in [0.05, 0.1) is 0 Å². The molecule has 0 aromatic heterocycles. The molecular weight excluding hydrogens is 231 g/mol. The zero-order chi connectivity index (χ0) is 6.50. The van der Waals surface area contributed by atoms with Crippen LogP contribution in [-0.4, -0.2) is 36.3 Å². The first kappa shape index (κ1) is 30.6. The van der Waals surface area contributed by atoms with E-state index in [1.807, 2.05) is 19.6 Å². The summed E-state index contributed by atoms with van der Waals surface area (Å²) >= 11 is 0. The summed E-state index contributed by atoms with van der Waals surface area (Å²) in [6, 6.07) is 0. The molecule has 0 saturated heterocycles. The Morgan fingerprint density at radius 1 is 0.900 bits per heavy atom. The van der Waals surface area contributed by atoms with Crippen molar-refractivity contribution in [3.8, 4) is 0 Å². The fourth-order valence-corrected chi connectivity index (χ4v) is 0. The van der Waals surface area contributed by atoms with Gasteiger partial charge in [-0.1, -0.05) is 0 Å². The Morgan fingerprint density at radius 2 is 0.900 bits per heavy atom. The van der Waals surface area contributed by atoms with Gasteiger partial charge in [0.1, 0.15) is 0 Å². The van der Waals surface area contributed by atoms with Crippen molar-refractivity contribution in [3.63, 3.8) is 0 Å². The maximum Gasteiger partial charge on any atom is 0.179 e. The summed E-state index contributed by atoms with van der Waals surface area (Å²) in [6.45, 7) is 5.65. The van der Waals surface area contributed by atoms with Gasteiger partial charge in [0.25, 0.3) is 0 Å². The monoisotopic (exact) mass is 248 g/mol. The van der Waals surface area contributed by atoms with E-state index in [9.17, 15) is 0 Å². The van der Waals surface area contributed by atoms with E-state index in [0.29, 0.717) is 0 Å². The maximum absolute atomic E-state index is 8.66. The van der Waals surface area contributed by atoms with E-state index in [1.165, 1.54) is 0 Å². The van der Waals surface area contributed by atoms with Gasteiger partial charge in [0, 0.05) is 33.3 Å². The van der Waals surface area contributed by atoms with Crippen molar-refractivity contribution >= 4 is 8.32 Å². The zero-order valence-electron chi connectivity index (χ0n) is 6.89. The smallest absolute Gasteiger partial charge is 0.179 e. The summed E-state index contributed by atoms with van der Waals surface area (Å²) in [5, 5.41) is 7.00. The molecule has 0 aliphatic rings. The third kappa shape index (κ3) is 638. The molecular formula is C4H18O4SiZr. The third-order valence-electron chi connectivity index (χ3n) is 0. The van der Waals surface area contributed by atoms with Crippen LogP contribution in [0.5, 0.6) is 0 Å². The molecule has 0 aromatic carbocycles. The van der Waals surface area contributed by atoms with Crippen molar-refractivity contribution in [1.29, 1.82) is 0 Å². The predicted octanol–water partition coefficient (Wildman–Crippen LogP) is -1.23. The molecule has 0 amide bonds. The van der Waals surface area contributed by atoms with E-state index in [-0.39, 0.29) is 37.2 Å². The second kappa shape index (κ2) is 16.5. The van der Waals surface area contributed by atoms with Gasteiger partial charge in [-0.2, -0.15) is 0 Å². The second-order valence-corrected chi connectivity index (χ2v) is 6.51. The molecule has 0 aliphatic carbocycles. The van der Waals surface area contributed by atoms with E-state index in [4.69, 9.17) is 9.90 Å². The zero-order valence-corrected chi connectivity index (χ0v) is 10.4. The average Bonchev–Trinajstić information content (AvgIpc) is 1.36. The van der Waals surface area contributed by atoms with Crippen molar-refractivity contribution in [2.24, 2.45) is 0 Å². The minimum atomic E-state index is -1.61. The van der Waals surface area contributed by atoms with Crippen LogP contribution in [0, 0.1) is 0 Å².